The van der Waals surface area contributed by atoms with Crippen LogP contribution in [-0.4, -0.2) is 0 Å². The SMILES string of the molecule is CCCc1ccc(C(Br)Cc2ccc(F)cc2F)cc1. The molecule has 0 spiro atoms. The van der Waals surface area contributed by atoms with Crippen molar-refractivity contribution in [1.82, 2.24) is 0 Å². The number of alkyl halides is 1. The molecular weight excluding hydrogens is 322 g/mol. The third kappa shape index (κ3) is 3.89. The highest BCUT2D eigenvalue weighted by molar-refractivity contribution is 9.09. The van der Waals surface area contributed by atoms with Gasteiger partial charge in [-0.25, -0.2) is 8.78 Å². The van der Waals surface area contributed by atoms with Gasteiger partial charge in [0.1, 0.15) is 11.6 Å². The summed E-state index contributed by atoms with van der Waals surface area (Å²) in [4.78, 5) is 0.0261. The van der Waals surface area contributed by atoms with Crippen molar-refractivity contribution in [2.45, 2.75) is 31.0 Å². The lowest BCUT2D eigenvalue weighted by molar-refractivity contribution is 0.571. The van der Waals surface area contributed by atoms with Gasteiger partial charge in [0.05, 0.1) is 0 Å². The van der Waals surface area contributed by atoms with Crippen molar-refractivity contribution in [3.8, 4) is 0 Å². The minimum atomic E-state index is -0.540. The summed E-state index contributed by atoms with van der Waals surface area (Å²) < 4.78 is 26.5. The molecule has 0 N–H and O–H groups in total. The highest BCUT2D eigenvalue weighted by atomic mass is 79.9. The normalized spacial score (nSPS) is 12.4. The zero-order valence-electron chi connectivity index (χ0n) is 11.4. The van der Waals surface area contributed by atoms with E-state index in [1.54, 1.807) is 0 Å². The summed E-state index contributed by atoms with van der Waals surface area (Å²) in [5, 5.41) is 0. The first kappa shape index (κ1) is 15.2. The van der Waals surface area contributed by atoms with E-state index in [9.17, 15) is 8.78 Å². The Morgan fingerprint density at radius 1 is 1.05 bits per heavy atom. The fraction of sp³-hybridized carbons (Fsp3) is 0.294. The topological polar surface area (TPSA) is 0 Å². The molecule has 0 aliphatic heterocycles. The fourth-order valence-corrected chi connectivity index (χ4v) is 2.83. The molecule has 0 saturated carbocycles. The molecule has 2 rings (SSSR count). The van der Waals surface area contributed by atoms with Gasteiger partial charge in [0.25, 0.3) is 0 Å². The zero-order valence-corrected chi connectivity index (χ0v) is 13.0. The van der Waals surface area contributed by atoms with Crippen LogP contribution in [0.3, 0.4) is 0 Å². The molecule has 0 radical (unpaired) electrons. The molecule has 0 saturated heterocycles. The fourth-order valence-electron chi connectivity index (χ4n) is 2.18. The predicted molar refractivity (Wildman–Crippen MR) is 82.2 cm³/mol. The summed E-state index contributed by atoms with van der Waals surface area (Å²) in [5.74, 6) is -1.03. The molecule has 106 valence electrons. The quantitative estimate of drug-likeness (QED) is 0.623. The second kappa shape index (κ2) is 6.98. The standard InChI is InChI=1S/C17H17BrF2/c1-2-3-12-4-6-13(7-5-12)16(18)10-14-8-9-15(19)11-17(14)20/h4-9,11,16H,2-3,10H2,1H3. The van der Waals surface area contributed by atoms with E-state index >= 15 is 0 Å². The summed E-state index contributed by atoms with van der Waals surface area (Å²) in [5.41, 5.74) is 2.93. The van der Waals surface area contributed by atoms with Crippen molar-refractivity contribution in [3.63, 3.8) is 0 Å². The van der Waals surface area contributed by atoms with Crippen LogP contribution in [0.5, 0.6) is 0 Å². The first-order valence-electron chi connectivity index (χ1n) is 6.77. The Morgan fingerprint density at radius 2 is 1.75 bits per heavy atom. The van der Waals surface area contributed by atoms with Crippen molar-refractivity contribution >= 4 is 15.9 Å². The Kier molecular flexibility index (Phi) is 5.30. The Labute approximate surface area is 127 Å². The average molecular weight is 339 g/mol. The summed E-state index contributed by atoms with van der Waals surface area (Å²) in [7, 11) is 0. The molecular formula is C17H17BrF2. The minimum absolute atomic E-state index is 0.0261. The van der Waals surface area contributed by atoms with Gasteiger partial charge in [0.2, 0.25) is 0 Å². The summed E-state index contributed by atoms with van der Waals surface area (Å²) in [6.07, 6.45) is 2.69. The summed E-state index contributed by atoms with van der Waals surface area (Å²) in [6, 6.07) is 12.1. The number of hydrogen-bond acceptors (Lipinski definition) is 0. The van der Waals surface area contributed by atoms with Gasteiger partial charge in [-0.1, -0.05) is 59.6 Å². The molecule has 3 heteroatoms. The van der Waals surface area contributed by atoms with Gasteiger partial charge in [0.15, 0.2) is 0 Å². The molecule has 0 heterocycles. The van der Waals surface area contributed by atoms with Crippen LogP contribution >= 0.6 is 15.9 Å². The lowest BCUT2D eigenvalue weighted by Gasteiger charge is -2.12. The van der Waals surface area contributed by atoms with Crippen molar-refractivity contribution in [2.24, 2.45) is 0 Å². The molecule has 2 aromatic carbocycles. The third-order valence-corrected chi connectivity index (χ3v) is 4.15. The molecule has 0 amide bonds. The predicted octanol–water partition coefficient (Wildman–Crippen LogP) is 5.60. The number of halogens is 3. The van der Waals surface area contributed by atoms with Crippen LogP contribution in [0.2, 0.25) is 0 Å². The Morgan fingerprint density at radius 3 is 2.35 bits per heavy atom. The van der Waals surface area contributed by atoms with E-state index in [0.29, 0.717) is 12.0 Å². The molecule has 0 aliphatic rings. The Bertz CT molecular complexity index is 564. The highest BCUT2D eigenvalue weighted by Crippen LogP contribution is 2.28. The maximum Gasteiger partial charge on any atom is 0.129 e. The number of benzene rings is 2. The van der Waals surface area contributed by atoms with E-state index in [2.05, 4.69) is 47.1 Å². The molecule has 20 heavy (non-hydrogen) atoms. The number of hydrogen-bond donors (Lipinski definition) is 0. The van der Waals surface area contributed by atoms with Crippen LogP contribution in [0.25, 0.3) is 0 Å². The second-order valence-corrected chi connectivity index (χ2v) is 6.00. The number of rotatable bonds is 5. The van der Waals surface area contributed by atoms with Gasteiger partial charge in [-0.2, -0.15) is 0 Å². The van der Waals surface area contributed by atoms with Gasteiger partial charge in [-0.15, -0.1) is 0 Å². The molecule has 1 unspecified atom stereocenters. The van der Waals surface area contributed by atoms with Crippen molar-refractivity contribution < 1.29 is 8.78 Å². The molecule has 0 aromatic heterocycles. The lowest BCUT2D eigenvalue weighted by atomic mass is 10.0. The van der Waals surface area contributed by atoms with E-state index in [-0.39, 0.29) is 4.83 Å². The molecule has 0 fully saturated rings. The molecule has 2 aromatic rings. The summed E-state index contributed by atoms with van der Waals surface area (Å²) in [6.45, 7) is 2.15. The molecule has 1 atom stereocenters. The first-order valence-corrected chi connectivity index (χ1v) is 7.68. The largest absolute Gasteiger partial charge is 0.207 e. The average Bonchev–Trinajstić information content (AvgIpc) is 2.43. The van der Waals surface area contributed by atoms with Crippen LogP contribution in [0, 0.1) is 11.6 Å². The highest BCUT2D eigenvalue weighted by Gasteiger charge is 2.12. The van der Waals surface area contributed by atoms with E-state index in [4.69, 9.17) is 0 Å². The van der Waals surface area contributed by atoms with Gasteiger partial charge in [-0.05, 0) is 35.6 Å². The molecule has 0 bridgehead atoms. The Balaban J connectivity index is 2.09. The second-order valence-electron chi connectivity index (χ2n) is 4.90. The maximum absolute atomic E-state index is 13.6. The van der Waals surface area contributed by atoms with Gasteiger partial charge >= 0.3 is 0 Å². The van der Waals surface area contributed by atoms with Crippen molar-refractivity contribution in [1.29, 1.82) is 0 Å². The Hall–Kier alpha value is -1.22. The third-order valence-electron chi connectivity index (χ3n) is 3.29. The van der Waals surface area contributed by atoms with Crippen LogP contribution in [0.4, 0.5) is 8.78 Å². The number of aryl methyl sites for hydroxylation is 1. The molecule has 0 nitrogen and oxygen atoms in total. The summed E-state index contributed by atoms with van der Waals surface area (Å²) >= 11 is 3.58. The van der Waals surface area contributed by atoms with Crippen LogP contribution < -0.4 is 0 Å². The van der Waals surface area contributed by atoms with Gasteiger partial charge < -0.3 is 0 Å². The van der Waals surface area contributed by atoms with Crippen LogP contribution in [0.15, 0.2) is 42.5 Å². The minimum Gasteiger partial charge on any atom is -0.207 e. The maximum atomic E-state index is 13.6. The van der Waals surface area contributed by atoms with Gasteiger partial charge in [0, 0.05) is 10.9 Å². The van der Waals surface area contributed by atoms with Crippen molar-refractivity contribution in [3.05, 3.63) is 70.8 Å². The van der Waals surface area contributed by atoms with E-state index in [0.717, 1.165) is 24.5 Å². The van der Waals surface area contributed by atoms with Crippen LogP contribution in [0.1, 0.15) is 34.9 Å². The van der Waals surface area contributed by atoms with Crippen molar-refractivity contribution in [2.75, 3.05) is 0 Å². The monoisotopic (exact) mass is 338 g/mol. The lowest BCUT2D eigenvalue weighted by Crippen LogP contribution is -1.99. The molecule has 0 aliphatic carbocycles. The van der Waals surface area contributed by atoms with Crippen LogP contribution in [-0.2, 0) is 12.8 Å². The van der Waals surface area contributed by atoms with E-state index in [1.807, 2.05) is 0 Å². The zero-order chi connectivity index (χ0) is 14.5. The van der Waals surface area contributed by atoms with Gasteiger partial charge in [-0.3, -0.25) is 0 Å². The smallest absolute Gasteiger partial charge is 0.129 e. The van der Waals surface area contributed by atoms with E-state index < -0.39 is 11.6 Å². The van der Waals surface area contributed by atoms with E-state index in [1.165, 1.54) is 17.7 Å². The first-order chi connectivity index (χ1) is 9.60.